The van der Waals surface area contributed by atoms with Crippen LogP contribution in [0.2, 0.25) is 0 Å². The molecule has 0 N–H and O–H groups in total. The summed E-state index contributed by atoms with van der Waals surface area (Å²) in [6, 6.07) is 16.1. The van der Waals surface area contributed by atoms with Crippen LogP contribution in [0.1, 0.15) is 29.3 Å². The number of nitrogens with zero attached hydrogens (tertiary/aromatic N) is 2. The lowest BCUT2D eigenvalue weighted by atomic mass is 10.1. The SMILES string of the molecule is CCc1cc(Oc2ccc(C)cc2C)nc(SCc2cccc(OC)c2)n1. The summed E-state index contributed by atoms with van der Waals surface area (Å²) in [5, 5.41) is 0.719. The molecular weight excluding hydrogens is 356 g/mol. The Hall–Kier alpha value is -2.53. The van der Waals surface area contributed by atoms with Crippen LogP contribution in [0.25, 0.3) is 0 Å². The van der Waals surface area contributed by atoms with Crippen LogP contribution in [0.15, 0.2) is 53.7 Å². The Bertz CT molecular complexity index is 928. The summed E-state index contributed by atoms with van der Waals surface area (Å²) in [7, 11) is 1.68. The van der Waals surface area contributed by atoms with Crippen molar-refractivity contribution in [1.82, 2.24) is 9.97 Å². The second-order valence-electron chi connectivity index (χ2n) is 6.34. The normalized spacial score (nSPS) is 10.7. The number of aryl methyl sites for hydroxylation is 3. The maximum absolute atomic E-state index is 6.05. The van der Waals surface area contributed by atoms with Gasteiger partial charge in [0, 0.05) is 17.5 Å². The Kier molecular flexibility index (Phi) is 6.35. The summed E-state index contributed by atoms with van der Waals surface area (Å²) >= 11 is 1.60. The van der Waals surface area contributed by atoms with Crippen molar-refractivity contribution in [3.63, 3.8) is 0 Å². The number of rotatable bonds is 7. The zero-order valence-electron chi connectivity index (χ0n) is 16.2. The first-order valence-corrected chi connectivity index (χ1v) is 9.94. The zero-order valence-corrected chi connectivity index (χ0v) is 17.0. The van der Waals surface area contributed by atoms with E-state index in [0.717, 1.165) is 40.1 Å². The maximum atomic E-state index is 6.05. The van der Waals surface area contributed by atoms with Crippen molar-refractivity contribution in [2.24, 2.45) is 0 Å². The monoisotopic (exact) mass is 380 g/mol. The predicted octanol–water partition coefficient (Wildman–Crippen LogP) is 5.75. The van der Waals surface area contributed by atoms with Crippen molar-refractivity contribution < 1.29 is 9.47 Å². The van der Waals surface area contributed by atoms with E-state index < -0.39 is 0 Å². The van der Waals surface area contributed by atoms with Gasteiger partial charge in [-0.25, -0.2) is 4.98 Å². The van der Waals surface area contributed by atoms with Gasteiger partial charge in [0.2, 0.25) is 5.88 Å². The minimum Gasteiger partial charge on any atom is -0.497 e. The van der Waals surface area contributed by atoms with Crippen LogP contribution in [0.4, 0.5) is 0 Å². The number of hydrogen-bond donors (Lipinski definition) is 0. The first-order valence-electron chi connectivity index (χ1n) is 8.96. The van der Waals surface area contributed by atoms with Crippen LogP contribution in [0, 0.1) is 13.8 Å². The zero-order chi connectivity index (χ0) is 19.2. The standard InChI is InChI=1S/C22H24N2O2S/c1-5-18-13-21(26-20-10-9-15(2)11-16(20)3)24-22(23-18)27-14-17-7-6-8-19(12-17)25-4/h6-13H,5,14H2,1-4H3. The number of hydrogen-bond acceptors (Lipinski definition) is 5. The van der Waals surface area contributed by atoms with Gasteiger partial charge in [0.15, 0.2) is 5.16 Å². The lowest BCUT2D eigenvalue weighted by Crippen LogP contribution is -1.98. The lowest BCUT2D eigenvalue weighted by molar-refractivity contribution is 0.414. The second-order valence-corrected chi connectivity index (χ2v) is 7.29. The Morgan fingerprint density at radius 1 is 1.00 bits per heavy atom. The van der Waals surface area contributed by atoms with E-state index in [1.807, 2.05) is 43.3 Å². The van der Waals surface area contributed by atoms with Crippen LogP contribution in [-0.4, -0.2) is 17.1 Å². The van der Waals surface area contributed by atoms with E-state index in [1.165, 1.54) is 11.1 Å². The van der Waals surface area contributed by atoms with Crippen LogP contribution >= 0.6 is 11.8 Å². The Labute approximate surface area is 165 Å². The van der Waals surface area contributed by atoms with E-state index in [9.17, 15) is 0 Å². The van der Waals surface area contributed by atoms with Gasteiger partial charge in [-0.1, -0.05) is 48.5 Å². The van der Waals surface area contributed by atoms with Gasteiger partial charge < -0.3 is 9.47 Å². The number of methoxy groups -OCH3 is 1. The van der Waals surface area contributed by atoms with Crippen molar-refractivity contribution >= 4 is 11.8 Å². The third-order valence-electron chi connectivity index (χ3n) is 4.14. The van der Waals surface area contributed by atoms with Crippen LogP contribution in [0.5, 0.6) is 17.4 Å². The molecule has 1 aromatic heterocycles. The smallest absolute Gasteiger partial charge is 0.223 e. The van der Waals surface area contributed by atoms with Gasteiger partial charge in [0.25, 0.3) is 0 Å². The quantitative estimate of drug-likeness (QED) is 0.386. The fraction of sp³-hybridized carbons (Fsp3) is 0.273. The van der Waals surface area contributed by atoms with E-state index in [1.54, 1.807) is 18.9 Å². The van der Waals surface area contributed by atoms with Crippen LogP contribution < -0.4 is 9.47 Å². The average molecular weight is 381 g/mol. The van der Waals surface area contributed by atoms with Crippen LogP contribution in [0.3, 0.4) is 0 Å². The molecule has 0 fully saturated rings. The predicted molar refractivity (Wildman–Crippen MR) is 110 cm³/mol. The molecule has 0 aliphatic rings. The van der Waals surface area contributed by atoms with Crippen molar-refractivity contribution in [1.29, 1.82) is 0 Å². The molecular formula is C22H24N2O2S. The summed E-state index contributed by atoms with van der Waals surface area (Å²) in [6.07, 6.45) is 0.832. The van der Waals surface area contributed by atoms with E-state index in [2.05, 4.69) is 35.9 Å². The average Bonchev–Trinajstić information content (AvgIpc) is 2.68. The molecule has 0 aliphatic carbocycles. The van der Waals surface area contributed by atoms with Crippen molar-refractivity contribution in [2.45, 2.75) is 38.1 Å². The highest BCUT2D eigenvalue weighted by atomic mass is 32.2. The van der Waals surface area contributed by atoms with Crippen molar-refractivity contribution in [3.05, 3.63) is 70.9 Å². The van der Waals surface area contributed by atoms with Gasteiger partial charge >= 0.3 is 0 Å². The minimum atomic E-state index is 0.585. The van der Waals surface area contributed by atoms with Crippen molar-refractivity contribution in [3.8, 4) is 17.4 Å². The maximum Gasteiger partial charge on any atom is 0.223 e. The van der Waals surface area contributed by atoms with Gasteiger partial charge in [-0.05, 0) is 49.6 Å². The summed E-state index contributed by atoms with van der Waals surface area (Å²) < 4.78 is 11.3. The molecule has 140 valence electrons. The highest BCUT2D eigenvalue weighted by Crippen LogP contribution is 2.28. The second kappa shape index (κ2) is 8.91. The molecule has 5 heteroatoms. The Morgan fingerprint density at radius 3 is 2.59 bits per heavy atom. The van der Waals surface area contributed by atoms with Gasteiger partial charge in [-0.15, -0.1) is 0 Å². The van der Waals surface area contributed by atoms with E-state index in [0.29, 0.717) is 5.88 Å². The molecule has 0 amide bonds. The molecule has 0 bridgehead atoms. The van der Waals surface area contributed by atoms with Crippen molar-refractivity contribution in [2.75, 3.05) is 7.11 Å². The summed E-state index contributed by atoms with van der Waals surface area (Å²) in [4.78, 5) is 9.22. The molecule has 27 heavy (non-hydrogen) atoms. The number of ether oxygens (including phenoxy) is 2. The molecule has 0 atom stereocenters. The van der Waals surface area contributed by atoms with Gasteiger partial charge in [0.1, 0.15) is 11.5 Å². The summed E-state index contributed by atoms with van der Waals surface area (Å²) in [5.41, 5.74) is 4.45. The van der Waals surface area contributed by atoms with E-state index in [-0.39, 0.29) is 0 Å². The molecule has 0 radical (unpaired) electrons. The number of thioether (sulfide) groups is 1. The fourth-order valence-electron chi connectivity index (χ4n) is 2.68. The molecule has 0 spiro atoms. The van der Waals surface area contributed by atoms with Gasteiger partial charge in [-0.2, -0.15) is 4.98 Å². The summed E-state index contributed by atoms with van der Waals surface area (Å²) in [6.45, 7) is 6.20. The minimum absolute atomic E-state index is 0.585. The van der Waals surface area contributed by atoms with Gasteiger partial charge in [0.05, 0.1) is 7.11 Å². The Balaban J connectivity index is 1.78. The lowest BCUT2D eigenvalue weighted by Gasteiger charge is -2.11. The number of benzene rings is 2. The molecule has 2 aromatic carbocycles. The summed E-state index contributed by atoms with van der Waals surface area (Å²) in [5.74, 6) is 3.04. The third kappa shape index (κ3) is 5.23. The molecule has 0 saturated heterocycles. The van der Waals surface area contributed by atoms with Gasteiger partial charge in [-0.3, -0.25) is 0 Å². The van der Waals surface area contributed by atoms with E-state index >= 15 is 0 Å². The topological polar surface area (TPSA) is 44.2 Å². The van der Waals surface area contributed by atoms with Crippen LogP contribution in [-0.2, 0) is 12.2 Å². The molecule has 0 aliphatic heterocycles. The number of aromatic nitrogens is 2. The highest BCUT2D eigenvalue weighted by Gasteiger charge is 2.09. The molecule has 1 heterocycles. The molecule has 3 aromatic rings. The molecule has 3 rings (SSSR count). The van der Waals surface area contributed by atoms with E-state index in [4.69, 9.17) is 9.47 Å². The first kappa shape index (κ1) is 19.2. The molecule has 0 unspecified atom stereocenters. The molecule has 4 nitrogen and oxygen atoms in total. The first-order chi connectivity index (χ1) is 13.1. The third-order valence-corrected chi connectivity index (χ3v) is 5.06. The Morgan fingerprint density at radius 2 is 1.85 bits per heavy atom. The molecule has 0 saturated carbocycles. The fourth-order valence-corrected chi connectivity index (χ4v) is 3.50. The highest BCUT2D eigenvalue weighted by molar-refractivity contribution is 7.98. The largest absolute Gasteiger partial charge is 0.497 e.